The highest BCUT2D eigenvalue weighted by molar-refractivity contribution is 9.10. The Kier molecular flexibility index (Phi) is 4.65. The number of carbonyl (C=O) groups excluding carboxylic acids is 1. The molecule has 0 bridgehead atoms. The number of benzene rings is 1. The highest BCUT2D eigenvalue weighted by Crippen LogP contribution is 2.38. The Balaban J connectivity index is 1.88. The van der Waals surface area contributed by atoms with Crippen molar-refractivity contribution in [2.75, 3.05) is 13.2 Å². The summed E-state index contributed by atoms with van der Waals surface area (Å²) >= 11 is 3.16. The molecule has 0 radical (unpaired) electrons. The number of ether oxygens (including phenoxy) is 1. The standard InChI is InChI=1S/C14H18BrFN2O2/c1-14(8-17,9-2-3-9)18-13(19)7-20-12-5-4-10(15)6-11(12)16/h4-6,9H,2-3,7-8,17H2,1H3,(H,18,19). The Morgan fingerprint density at radius 3 is 2.85 bits per heavy atom. The third-order valence-corrected chi connectivity index (χ3v) is 4.07. The highest BCUT2D eigenvalue weighted by atomic mass is 79.9. The van der Waals surface area contributed by atoms with Crippen molar-refractivity contribution >= 4 is 21.8 Å². The van der Waals surface area contributed by atoms with E-state index in [1.165, 1.54) is 12.1 Å². The van der Waals surface area contributed by atoms with Gasteiger partial charge >= 0.3 is 0 Å². The number of nitrogens with one attached hydrogen (secondary N) is 1. The minimum absolute atomic E-state index is 0.0595. The lowest BCUT2D eigenvalue weighted by Crippen LogP contribution is -2.54. The molecule has 2 rings (SSSR count). The third-order valence-electron chi connectivity index (χ3n) is 3.58. The summed E-state index contributed by atoms with van der Waals surface area (Å²) in [5.74, 6) is -0.298. The van der Waals surface area contributed by atoms with Gasteiger partial charge < -0.3 is 15.8 Å². The number of carbonyl (C=O) groups is 1. The van der Waals surface area contributed by atoms with E-state index in [0.717, 1.165) is 12.8 Å². The zero-order valence-electron chi connectivity index (χ0n) is 11.3. The molecule has 0 aromatic heterocycles. The van der Waals surface area contributed by atoms with Crippen molar-refractivity contribution in [2.24, 2.45) is 11.7 Å². The lowest BCUT2D eigenvalue weighted by atomic mass is 9.96. The van der Waals surface area contributed by atoms with E-state index >= 15 is 0 Å². The SMILES string of the molecule is CC(CN)(NC(=O)COc1ccc(Br)cc1F)C1CC1. The van der Waals surface area contributed by atoms with E-state index < -0.39 is 11.4 Å². The summed E-state index contributed by atoms with van der Waals surface area (Å²) in [6, 6.07) is 4.43. The number of hydrogen-bond acceptors (Lipinski definition) is 3. The van der Waals surface area contributed by atoms with Crippen LogP contribution in [-0.4, -0.2) is 24.6 Å². The van der Waals surface area contributed by atoms with Crippen LogP contribution in [0.5, 0.6) is 5.75 Å². The first-order valence-corrected chi connectivity index (χ1v) is 7.33. The lowest BCUT2D eigenvalue weighted by Gasteiger charge is -2.29. The molecule has 1 amide bonds. The summed E-state index contributed by atoms with van der Waals surface area (Å²) < 4.78 is 19.4. The normalized spacial score (nSPS) is 17.4. The van der Waals surface area contributed by atoms with Gasteiger partial charge in [-0.05, 0) is 43.9 Å². The van der Waals surface area contributed by atoms with Crippen molar-refractivity contribution < 1.29 is 13.9 Å². The van der Waals surface area contributed by atoms with Crippen LogP contribution in [0.15, 0.2) is 22.7 Å². The first-order valence-electron chi connectivity index (χ1n) is 6.53. The summed E-state index contributed by atoms with van der Waals surface area (Å²) in [4.78, 5) is 11.9. The van der Waals surface area contributed by atoms with Crippen LogP contribution in [0.2, 0.25) is 0 Å². The predicted molar refractivity (Wildman–Crippen MR) is 77.9 cm³/mol. The van der Waals surface area contributed by atoms with Crippen molar-refractivity contribution in [2.45, 2.75) is 25.3 Å². The molecular formula is C14H18BrFN2O2. The summed E-state index contributed by atoms with van der Waals surface area (Å²) in [5, 5.41) is 2.89. The maximum atomic E-state index is 13.5. The zero-order valence-corrected chi connectivity index (χ0v) is 12.9. The van der Waals surface area contributed by atoms with Crippen LogP contribution in [0.4, 0.5) is 4.39 Å². The fourth-order valence-corrected chi connectivity index (χ4v) is 2.46. The van der Waals surface area contributed by atoms with E-state index in [1.807, 2.05) is 6.92 Å². The quantitative estimate of drug-likeness (QED) is 0.831. The van der Waals surface area contributed by atoms with Crippen LogP contribution < -0.4 is 15.8 Å². The molecule has 1 aromatic carbocycles. The number of hydrogen-bond donors (Lipinski definition) is 2. The molecule has 0 heterocycles. The molecule has 1 saturated carbocycles. The summed E-state index contributed by atoms with van der Waals surface area (Å²) in [5.41, 5.74) is 5.33. The van der Waals surface area contributed by atoms with Crippen LogP contribution in [0.25, 0.3) is 0 Å². The monoisotopic (exact) mass is 344 g/mol. The van der Waals surface area contributed by atoms with Crippen LogP contribution >= 0.6 is 15.9 Å². The van der Waals surface area contributed by atoms with Crippen molar-refractivity contribution in [1.82, 2.24) is 5.32 Å². The van der Waals surface area contributed by atoms with Gasteiger partial charge in [-0.3, -0.25) is 4.79 Å². The van der Waals surface area contributed by atoms with Crippen LogP contribution in [0.1, 0.15) is 19.8 Å². The molecule has 4 nitrogen and oxygen atoms in total. The Morgan fingerprint density at radius 2 is 2.30 bits per heavy atom. The van der Waals surface area contributed by atoms with Crippen molar-refractivity contribution in [3.63, 3.8) is 0 Å². The fraction of sp³-hybridized carbons (Fsp3) is 0.500. The topological polar surface area (TPSA) is 64.3 Å². The summed E-state index contributed by atoms with van der Waals surface area (Å²) in [6.45, 7) is 2.10. The van der Waals surface area contributed by atoms with E-state index in [9.17, 15) is 9.18 Å². The maximum absolute atomic E-state index is 13.5. The smallest absolute Gasteiger partial charge is 0.258 e. The van der Waals surface area contributed by atoms with Gasteiger partial charge in [0.25, 0.3) is 5.91 Å². The number of rotatable bonds is 6. The van der Waals surface area contributed by atoms with Gasteiger partial charge in [-0.25, -0.2) is 4.39 Å². The van der Waals surface area contributed by atoms with Gasteiger partial charge in [0.1, 0.15) is 0 Å². The van der Waals surface area contributed by atoms with E-state index in [0.29, 0.717) is 16.9 Å². The minimum Gasteiger partial charge on any atom is -0.481 e. The zero-order chi connectivity index (χ0) is 14.8. The molecule has 0 aliphatic heterocycles. The van der Waals surface area contributed by atoms with Crippen molar-refractivity contribution in [3.05, 3.63) is 28.5 Å². The average Bonchev–Trinajstić information content (AvgIpc) is 3.22. The molecule has 0 saturated heterocycles. The molecule has 1 fully saturated rings. The van der Waals surface area contributed by atoms with Gasteiger partial charge in [-0.2, -0.15) is 0 Å². The van der Waals surface area contributed by atoms with Gasteiger partial charge in [0, 0.05) is 11.0 Å². The molecule has 1 atom stereocenters. The van der Waals surface area contributed by atoms with Crippen LogP contribution in [0, 0.1) is 11.7 Å². The Labute approximate surface area is 126 Å². The summed E-state index contributed by atoms with van der Waals surface area (Å²) in [6.07, 6.45) is 2.16. The van der Waals surface area contributed by atoms with E-state index in [1.54, 1.807) is 6.07 Å². The highest BCUT2D eigenvalue weighted by Gasteiger charge is 2.41. The molecule has 6 heteroatoms. The molecule has 1 unspecified atom stereocenters. The molecule has 110 valence electrons. The minimum atomic E-state index is -0.504. The fourth-order valence-electron chi connectivity index (χ4n) is 2.13. The number of halogens is 2. The van der Waals surface area contributed by atoms with Gasteiger partial charge in [0.05, 0.1) is 5.54 Å². The van der Waals surface area contributed by atoms with E-state index in [-0.39, 0.29) is 18.3 Å². The number of nitrogens with two attached hydrogens (primary N) is 1. The molecule has 1 aromatic rings. The van der Waals surface area contributed by atoms with E-state index in [2.05, 4.69) is 21.2 Å². The predicted octanol–water partition coefficient (Wildman–Crippen LogP) is 2.21. The molecule has 0 spiro atoms. The maximum Gasteiger partial charge on any atom is 0.258 e. The first kappa shape index (κ1) is 15.3. The van der Waals surface area contributed by atoms with Crippen molar-refractivity contribution in [1.29, 1.82) is 0 Å². The van der Waals surface area contributed by atoms with Crippen LogP contribution in [-0.2, 0) is 4.79 Å². The van der Waals surface area contributed by atoms with Crippen molar-refractivity contribution in [3.8, 4) is 5.75 Å². The Hall–Kier alpha value is -1.14. The number of amides is 1. The third kappa shape index (κ3) is 3.70. The Morgan fingerprint density at radius 1 is 1.60 bits per heavy atom. The Bertz CT molecular complexity index is 508. The molecular weight excluding hydrogens is 327 g/mol. The molecule has 20 heavy (non-hydrogen) atoms. The van der Waals surface area contributed by atoms with E-state index in [4.69, 9.17) is 10.5 Å². The second kappa shape index (κ2) is 6.10. The largest absolute Gasteiger partial charge is 0.481 e. The summed E-state index contributed by atoms with van der Waals surface area (Å²) in [7, 11) is 0. The molecule has 1 aliphatic rings. The second-order valence-corrected chi connectivity index (χ2v) is 6.22. The van der Waals surface area contributed by atoms with Crippen LogP contribution in [0.3, 0.4) is 0 Å². The lowest BCUT2D eigenvalue weighted by molar-refractivity contribution is -0.125. The van der Waals surface area contributed by atoms with Gasteiger partial charge in [0.2, 0.25) is 0 Å². The first-order chi connectivity index (χ1) is 9.44. The van der Waals surface area contributed by atoms with Gasteiger partial charge in [0.15, 0.2) is 18.2 Å². The van der Waals surface area contributed by atoms with Gasteiger partial charge in [-0.1, -0.05) is 15.9 Å². The molecule has 1 aliphatic carbocycles. The molecule has 3 N–H and O–H groups in total. The second-order valence-electron chi connectivity index (χ2n) is 5.31. The van der Waals surface area contributed by atoms with Gasteiger partial charge in [-0.15, -0.1) is 0 Å². The average molecular weight is 345 g/mol.